The van der Waals surface area contributed by atoms with Crippen molar-refractivity contribution in [2.24, 2.45) is 5.92 Å². The number of methoxy groups -OCH3 is 1. The molecule has 0 aliphatic carbocycles. The van der Waals surface area contributed by atoms with E-state index in [0.29, 0.717) is 18.8 Å². The summed E-state index contributed by atoms with van der Waals surface area (Å²) in [5.41, 5.74) is 0.451. The number of para-hydroxylation sites is 1. The van der Waals surface area contributed by atoms with Crippen molar-refractivity contribution in [3.8, 4) is 0 Å². The van der Waals surface area contributed by atoms with E-state index < -0.39 is 5.97 Å². The monoisotopic (exact) mass is 280 g/mol. The van der Waals surface area contributed by atoms with Crippen LogP contribution in [0.5, 0.6) is 0 Å². The molecule has 1 aromatic rings. The third-order valence-corrected chi connectivity index (χ3v) is 2.85. The summed E-state index contributed by atoms with van der Waals surface area (Å²) in [4.78, 5) is 24.4. The normalized spacial score (nSPS) is 11.8. The average Bonchev–Trinajstić information content (AvgIpc) is 2.44. The smallest absolute Gasteiger partial charge is 0.337 e. The van der Waals surface area contributed by atoms with Crippen molar-refractivity contribution >= 4 is 17.7 Å². The number of aromatic carboxylic acids is 1. The third-order valence-electron chi connectivity index (χ3n) is 2.85. The molecule has 0 bridgehead atoms. The van der Waals surface area contributed by atoms with Crippen molar-refractivity contribution in [1.29, 1.82) is 0 Å². The van der Waals surface area contributed by atoms with Gasteiger partial charge >= 0.3 is 12.0 Å². The molecule has 0 aliphatic rings. The van der Waals surface area contributed by atoms with Crippen molar-refractivity contribution in [2.45, 2.75) is 6.92 Å². The van der Waals surface area contributed by atoms with E-state index in [-0.39, 0.29) is 17.5 Å². The predicted octanol–water partition coefficient (Wildman–Crippen LogP) is 1.81. The van der Waals surface area contributed by atoms with Gasteiger partial charge in [0.25, 0.3) is 0 Å². The fourth-order valence-electron chi connectivity index (χ4n) is 1.78. The van der Waals surface area contributed by atoms with Crippen LogP contribution < -0.4 is 10.2 Å². The average molecular weight is 280 g/mol. The summed E-state index contributed by atoms with van der Waals surface area (Å²) in [7, 11) is 3.14. The third kappa shape index (κ3) is 4.24. The first-order valence-corrected chi connectivity index (χ1v) is 6.30. The zero-order valence-electron chi connectivity index (χ0n) is 11.9. The minimum Gasteiger partial charge on any atom is -0.478 e. The second kappa shape index (κ2) is 7.49. The molecule has 110 valence electrons. The van der Waals surface area contributed by atoms with Crippen molar-refractivity contribution in [2.75, 3.05) is 32.2 Å². The van der Waals surface area contributed by atoms with E-state index >= 15 is 0 Å². The van der Waals surface area contributed by atoms with Crippen molar-refractivity contribution in [3.63, 3.8) is 0 Å². The Balaban J connectivity index is 2.72. The molecule has 0 spiro atoms. The maximum absolute atomic E-state index is 12.0. The lowest BCUT2D eigenvalue weighted by Gasteiger charge is -2.21. The number of nitrogens with zero attached hydrogens (tertiary/aromatic N) is 1. The molecule has 0 aliphatic heterocycles. The van der Waals surface area contributed by atoms with E-state index in [1.165, 1.54) is 18.0 Å². The molecule has 1 unspecified atom stereocenters. The minimum atomic E-state index is -1.06. The van der Waals surface area contributed by atoms with Crippen LogP contribution in [0.2, 0.25) is 0 Å². The lowest BCUT2D eigenvalue weighted by molar-refractivity contribution is 0.0697. The van der Waals surface area contributed by atoms with Gasteiger partial charge in [0, 0.05) is 20.7 Å². The highest BCUT2D eigenvalue weighted by Gasteiger charge is 2.17. The van der Waals surface area contributed by atoms with Crippen LogP contribution in [-0.2, 0) is 4.74 Å². The van der Waals surface area contributed by atoms with Gasteiger partial charge in [0.15, 0.2) is 0 Å². The van der Waals surface area contributed by atoms with Crippen LogP contribution in [0.1, 0.15) is 17.3 Å². The van der Waals surface area contributed by atoms with E-state index in [1.54, 1.807) is 25.3 Å². The van der Waals surface area contributed by atoms with Crippen LogP contribution >= 0.6 is 0 Å². The Labute approximate surface area is 118 Å². The molecule has 1 atom stereocenters. The molecule has 6 nitrogen and oxygen atoms in total. The molecule has 0 fully saturated rings. The lowest BCUT2D eigenvalue weighted by Crippen LogP contribution is -2.40. The van der Waals surface area contributed by atoms with E-state index in [2.05, 4.69) is 5.32 Å². The number of nitrogens with one attached hydrogen (secondary N) is 1. The molecule has 0 radical (unpaired) electrons. The maximum Gasteiger partial charge on any atom is 0.337 e. The standard InChI is InChI=1S/C14H20N2O4/c1-10(9-20-3)8-15-14(19)16(2)12-7-5-4-6-11(12)13(17)18/h4-7,10H,8-9H2,1-3H3,(H,15,19)(H,17,18). The summed E-state index contributed by atoms with van der Waals surface area (Å²) in [6.45, 7) is 2.97. The van der Waals surface area contributed by atoms with Gasteiger partial charge < -0.3 is 15.2 Å². The number of carboxylic acids is 1. The second-order valence-electron chi connectivity index (χ2n) is 4.63. The predicted molar refractivity (Wildman–Crippen MR) is 76.2 cm³/mol. The zero-order valence-corrected chi connectivity index (χ0v) is 11.9. The van der Waals surface area contributed by atoms with Crippen LogP contribution in [0.15, 0.2) is 24.3 Å². The molecule has 1 rings (SSSR count). The van der Waals surface area contributed by atoms with E-state index in [9.17, 15) is 9.59 Å². The SMILES string of the molecule is COCC(C)CNC(=O)N(C)c1ccccc1C(=O)O. The van der Waals surface area contributed by atoms with Gasteiger partial charge in [0.1, 0.15) is 0 Å². The summed E-state index contributed by atoms with van der Waals surface area (Å²) in [6.07, 6.45) is 0. The minimum absolute atomic E-state index is 0.0927. The first kappa shape index (κ1) is 16.0. The molecular formula is C14H20N2O4. The fourth-order valence-corrected chi connectivity index (χ4v) is 1.78. The Hall–Kier alpha value is -2.08. The number of rotatable bonds is 6. The number of carboxylic acid groups (broad SMARTS) is 1. The number of ether oxygens (including phenoxy) is 1. The second-order valence-corrected chi connectivity index (χ2v) is 4.63. The Morgan fingerprint density at radius 3 is 2.65 bits per heavy atom. The number of amides is 2. The highest BCUT2D eigenvalue weighted by Crippen LogP contribution is 2.19. The van der Waals surface area contributed by atoms with E-state index in [1.807, 2.05) is 6.92 Å². The molecule has 1 aromatic carbocycles. The highest BCUT2D eigenvalue weighted by atomic mass is 16.5. The first-order valence-electron chi connectivity index (χ1n) is 6.30. The Morgan fingerprint density at radius 1 is 1.40 bits per heavy atom. The van der Waals surface area contributed by atoms with Gasteiger partial charge in [-0.05, 0) is 18.1 Å². The highest BCUT2D eigenvalue weighted by molar-refractivity contribution is 6.01. The fraction of sp³-hybridized carbons (Fsp3) is 0.429. The van der Waals surface area contributed by atoms with Gasteiger partial charge in [-0.2, -0.15) is 0 Å². The van der Waals surface area contributed by atoms with Gasteiger partial charge in [-0.3, -0.25) is 4.90 Å². The number of benzene rings is 1. The van der Waals surface area contributed by atoms with Gasteiger partial charge in [-0.15, -0.1) is 0 Å². The molecule has 2 amide bonds. The van der Waals surface area contributed by atoms with Gasteiger partial charge in [-0.25, -0.2) is 9.59 Å². The molecule has 0 saturated carbocycles. The van der Waals surface area contributed by atoms with Crippen molar-refractivity contribution < 1.29 is 19.4 Å². The summed E-state index contributed by atoms with van der Waals surface area (Å²) in [5.74, 6) is -0.875. The first-order chi connectivity index (χ1) is 9.47. The maximum atomic E-state index is 12.0. The van der Waals surface area contributed by atoms with Crippen LogP contribution in [-0.4, -0.2) is 44.4 Å². The Bertz CT molecular complexity index is 476. The van der Waals surface area contributed by atoms with Crippen LogP contribution in [0.3, 0.4) is 0 Å². The molecule has 2 N–H and O–H groups in total. The Morgan fingerprint density at radius 2 is 2.05 bits per heavy atom. The van der Waals surface area contributed by atoms with Crippen molar-refractivity contribution in [1.82, 2.24) is 5.32 Å². The number of anilines is 1. The largest absolute Gasteiger partial charge is 0.478 e. The summed E-state index contributed by atoms with van der Waals surface area (Å²) in [5, 5.41) is 11.9. The molecular weight excluding hydrogens is 260 g/mol. The van der Waals surface area contributed by atoms with Crippen molar-refractivity contribution in [3.05, 3.63) is 29.8 Å². The number of carbonyl (C=O) groups is 2. The van der Waals surface area contributed by atoms with Crippen LogP contribution in [0, 0.1) is 5.92 Å². The molecule has 0 saturated heterocycles. The summed E-state index contributed by atoms with van der Waals surface area (Å²) >= 11 is 0. The summed E-state index contributed by atoms with van der Waals surface area (Å²) < 4.78 is 4.99. The molecule has 6 heteroatoms. The lowest BCUT2D eigenvalue weighted by atomic mass is 10.1. The zero-order chi connectivity index (χ0) is 15.1. The van der Waals surface area contributed by atoms with Gasteiger partial charge in [0.2, 0.25) is 0 Å². The number of urea groups is 1. The number of hydrogen-bond donors (Lipinski definition) is 2. The van der Waals surface area contributed by atoms with E-state index in [0.717, 1.165) is 0 Å². The number of hydrogen-bond acceptors (Lipinski definition) is 3. The van der Waals surface area contributed by atoms with Crippen LogP contribution in [0.4, 0.5) is 10.5 Å². The molecule has 0 heterocycles. The van der Waals surface area contributed by atoms with E-state index in [4.69, 9.17) is 9.84 Å². The molecule has 0 aromatic heterocycles. The quantitative estimate of drug-likeness (QED) is 0.833. The Kier molecular flexibility index (Phi) is 5.99. The topological polar surface area (TPSA) is 78.9 Å². The van der Waals surface area contributed by atoms with Gasteiger partial charge in [-0.1, -0.05) is 19.1 Å². The van der Waals surface area contributed by atoms with Crippen LogP contribution in [0.25, 0.3) is 0 Å². The van der Waals surface area contributed by atoms with Gasteiger partial charge in [0.05, 0.1) is 17.9 Å². The molecule has 20 heavy (non-hydrogen) atoms. The number of carbonyl (C=O) groups excluding carboxylic acids is 1. The summed E-state index contributed by atoms with van der Waals surface area (Å²) in [6, 6.07) is 6.04.